The second-order valence-corrected chi connectivity index (χ2v) is 7.72. The Morgan fingerprint density at radius 3 is 2.56 bits per heavy atom. The maximum Gasteiger partial charge on any atom is 0.258 e. The van der Waals surface area contributed by atoms with Gasteiger partial charge >= 0.3 is 0 Å². The molecule has 3 heterocycles. The highest BCUT2D eigenvalue weighted by molar-refractivity contribution is 6.29. The third-order valence-corrected chi connectivity index (χ3v) is 5.20. The summed E-state index contributed by atoms with van der Waals surface area (Å²) in [5, 5.41) is 0.392. The number of ether oxygens (including phenoxy) is 1. The molecule has 4 aromatic rings. The Kier molecular flexibility index (Phi) is 6.14. The SMILES string of the molecule is Cc1cn2c(C(=O)CCc3ccc(Cl)nc3)c(C)nc2c(OCc2c(F)cccc2F)n1. The van der Waals surface area contributed by atoms with E-state index in [0.717, 1.165) is 17.7 Å². The summed E-state index contributed by atoms with van der Waals surface area (Å²) in [6.45, 7) is 3.10. The first-order valence-corrected chi connectivity index (χ1v) is 10.3. The first-order chi connectivity index (χ1) is 15.3. The summed E-state index contributed by atoms with van der Waals surface area (Å²) < 4.78 is 35.1. The van der Waals surface area contributed by atoms with Crippen LogP contribution in [0.4, 0.5) is 8.78 Å². The van der Waals surface area contributed by atoms with Gasteiger partial charge in [0.1, 0.15) is 29.1 Å². The normalized spacial score (nSPS) is 11.2. The summed E-state index contributed by atoms with van der Waals surface area (Å²) in [4.78, 5) is 25.8. The van der Waals surface area contributed by atoms with Crippen LogP contribution in [0.25, 0.3) is 5.65 Å². The largest absolute Gasteiger partial charge is 0.470 e. The Morgan fingerprint density at radius 1 is 1.12 bits per heavy atom. The van der Waals surface area contributed by atoms with E-state index in [-0.39, 0.29) is 30.3 Å². The van der Waals surface area contributed by atoms with Crippen LogP contribution >= 0.6 is 11.6 Å². The summed E-state index contributed by atoms with van der Waals surface area (Å²) in [7, 11) is 0. The number of carbonyl (C=O) groups excluding carboxylic acids is 1. The molecule has 0 aliphatic carbocycles. The molecule has 0 N–H and O–H groups in total. The van der Waals surface area contributed by atoms with Gasteiger partial charge < -0.3 is 4.74 Å². The average molecular weight is 457 g/mol. The maximum atomic E-state index is 13.9. The smallest absolute Gasteiger partial charge is 0.258 e. The van der Waals surface area contributed by atoms with Crippen LogP contribution in [0.1, 0.15) is 39.4 Å². The van der Waals surface area contributed by atoms with E-state index >= 15 is 0 Å². The lowest BCUT2D eigenvalue weighted by Gasteiger charge is -2.10. The van der Waals surface area contributed by atoms with Gasteiger partial charge in [-0.2, -0.15) is 0 Å². The lowest BCUT2D eigenvalue weighted by Crippen LogP contribution is -2.09. The number of fused-ring (bicyclic) bond motifs is 1. The zero-order chi connectivity index (χ0) is 22.8. The van der Waals surface area contributed by atoms with Crippen molar-refractivity contribution in [2.24, 2.45) is 0 Å². The van der Waals surface area contributed by atoms with Crippen molar-refractivity contribution in [2.75, 3.05) is 0 Å². The molecule has 6 nitrogen and oxygen atoms in total. The lowest BCUT2D eigenvalue weighted by molar-refractivity contribution is 0.0976. The first kappa shape index (κ1) is 21.8. The summed E-state index contributed by atoms with van der Waals surface area (Å²) in [5.41, 5.74) is 2.48. The van der Waals surface area contributed by atoms with Gasteiger partial charge in [-0.15, -0.1) is 0 Å². The molecule has 0 atom stereocenters. The minimum absolute atomic E-state index is 0.0942. The van der Waals surface area contributed by atoms with Crippen LogP contribution in [0.15, 0.2) is 42.7 Å². The molecule has 164 valence electrons. The van der Waals surface area contributed by atoms with Crippen LogP contribution in [0.3, 0.4) is 0 Å². The molecule has 0 unspecified atom stereocenters. The number of hydrogen-bond acceptors (Lipinski definition) is 5. The fraction of sp³-hybridized carbons (Fsp3) is 0.217. The van der Waals surface area contributed by atoms with Crippen LogP contribution in [0, 0.1) is 25.5 Å². The number of hydrogen-bond donors (Lipinski definition) is 0. The van der Waals surface area contributed by atoms with Crippen LogP contribution < -0.4 is 4.74 Å². The van der Waals surface area contributed by atoms with Crippen LogP contribution in [-0.2, 0) is 13.0 Å². The first-order valence-electron chi connectivity index (χ1n) is 9.89. The fourth-order valence-corrected chi connectivity index (χ4v) is 3.53. The number of halogens is 3. The number of rotatable bonds is 7. The third kappa shape index (κ3) is 4.45. The third-order valence-electron chi connectivity index (χ3n) is 4.98. The fourth-order valence-electron chi connectivity index (χ4n) is 3.42. The second kappa shape index (κ2) is 9.00. The van der Waals surface area contributed by atoms with Crippen molar-refractivity contribution < 1.29 is 18.3 Å². The van der Waals surface area contributed by atoms with Gasteiger partial charge in [0.25, 0.3) is 5.88 Å². The van der Waals surface area contributed by atoms with Gasteiger partial charge in [-0.25, -0.2) is 23.7 Å². The molecule has 0 spiro atoms. The molecule has 32 heavy (non-hydrogen) atoms. The van der Waals surface area contributed by atoms with Gasteiger partial charge in [0.05, 0.1) is 17.0 Å². The van der Waals surface area contributed by atoms with E-state index in [9.17, 15) is 13.6 Å². The van der Waals surface area contributed by atoms with E-state index < -0.39 is 11.6 Å². The van der Waals surface area contributed by atoms with Crippen molar-refractivity contribution in [1.82, 2.24) is 19.4 Å². The second-order valence-electron chi connectivity index (χ2n) is 7.33. The molecule has 0 bridgehead atoms. The molecule has 9 heteroatoms. The monoisotopic (exact) mass is 456 g/mol. The Morgan fingerprint density at radius 2 is 1.88 bits per heavy atom. The minimum atomic E-state index is -0.708. The number of aromatic nitrogens is 4. The van der Waals surface area contributed by atoms with E-state index in [1.54, 1.807) is 36.7 Å². The van der Waals surface area contributed by atoms with E-state index in [1.807, 2.05) is 6.07 Å². The number of ketones is 1. The maximum absolute atomic E-state index is 13.9. The van der Waals surface area contributed by atoms with Crippen molar-refractivity contribution in [3.05, 3.63) is 87.7 Å². The highest BCUT2D eigenvalue weighted by Gasteiger charge is 2.21. The Hall–Kier alpha value is -3.39. The molecular formula is C23H19ClF2N4O2. The average Bonchev–Trinajstić information content (AvgIpc) is 3.08. The summed E-state index contributed by atoms with van der Waals surface area (Å²) in [6.07, 6.45) is 4.06. The zero-order valence-electron chi connectivity index (χ0n) is 17.4. The van der Waals surface area contributed by atoms with Gasteiger partial charge in [-0.1, -0.05) is 23.7 Å². The zero-order valence-corrected chi connectivity index (χ0v) is 18.2. The Balaban J connectivity index is 1.61. The summed E-state index contributed by atoms with van der Waals surface area (Å²) in [6, 6.07) is 7.11. The number of Topliss-reactive ketones (excluding diaryl/α,β-unsaturated/α-hetero) is 1. The Labute approximate surface area is 187 Å². The summed E-state index contributed by atoms with van der Waals surface area (Å²) >= 11 is 5.80. The number of aryl methyl sites for hydroxylation is 3. The van der Waals surface area contributed by atoms with Gasteiger partial charge in [-0.3, -0.25) is 9.20 Å². The number of pyridine rings is 1. The van der Waals surface area contributed by atoms with Gasteiger partial charge in [0.15, 0.2) is 5.78 Å². The topological polar surface area (TPSA) is 69.4 Å². The summed E-state index contributed by atoms with van der Waals surface area (Å²) in [5.74, 6) is -1.43. The molecule has 0 saturated heterocycles. The van der Waals surface area contributed by atoms with Crippen molar-refractivity contribution in [2.45, 2.75) is 33.3 Å². The molecule has 0 saturated carbocycles. The highest BCUT2D eigenvalue weighted by atomic mass is 35.5. The number of carbonyl (C=O) groups is 1. The van der Waals surface area contributed by atoms with Crippen molar-refractivity contribution in [3.63, 3.8) is 0 Å². The van der Waals surface area contributed by atoms with Gasteiger partial charge in [0.2, 0.25) is 5.65 Å². The molecule has 0 amide bonds. The van der Waals surface area contributed by atoms with E-state index in [2.05, 4.69) is 15.0 Å². The van der Waals surface area contributed by atoms with Gasteiger partial charge in [-0.05, 0) is 44.0 Å². The molecule has 0 radical (unpaired) electrons. The number of imidazole rings is 1. The Bertz CT molecular complexity index is 1290. The molecule has 0 aliphatic rings. The van der Waals surface area contributed by atoms with Crippen molar-refractivity contribution in [3.8, 4) is 5.88 Å². The molecule has 0 aliphatic heterocycles. The quantitative estimate of drug-likeness (QED) is 0.287. The molecule has 0 fully saturated rings. The van der Waals surface area contributed by atoms with Crippen molar-refractivity contribution >= 4 is 23.0 Å². The predicted octanol–water partition coefficient (Wildman–Crippen LogP) is 5.07. The van der Waals surface area contributed by atoms with Crippen LogP contribution in [-0.4, -0.2) is 25.1 Å². The van der Waals surface area contributed by atoms with E-state index in [1.165, 1.54) is 6.07 Å². The van der Waals surface area contributed by atoms with Crippen molar-refractivity contribution in [1.29, 1.82) is 0 Å². The van der Waals surface area contributed by atoms with Gasteiger partial charge in [0, 0.05) is 18.8 Å². The molecule has 4 rings (SSSR count). The number of benzene rings is 1. The number of nitrogens with zero attached hydrogens (tertiary/aromatic N) is 4. The molecular weight excluding hydrogens is 438 g/mol. The van der Waals surface area contributed by atoms with Crippen LogP contribution in [0.2, 0.25) is 5.15 Å². The predicted molar refractivity (Wildman–Crippen MR) is 115 cm³/mol. The molecule has 3 aromatic heterocycles. The standard InChI is InChI=1S/C23H19ClF2N4O2/c1-13-11-30-21(19(31)8-6-15-7-9-20(24)27-10-15)14(2)29-22(30)23(28-13)32-12-16-17(25)4-3-5-18(16)26/h3-5,7,9-11H,6,8,12H2,1-2H3. The lowest BCUT2D eigenvalue weighted by atomic mass is 10.1. The highest BCUT2D eigenvalue weighted by Crippen LogP contribution is 2.24. The van der Waals surface area contributed by atoms with E-state index in [4.69, 9.17) is 16.3 Å². The van der Waals surface area contributed by atoms with Crippen LogP contribution in [0.5, 0.6) is 5.88 Å². The minimum Gasteiger partial charge on any atom is -0.470 e. The molecule has 1 aromatic carbocycles. The van der Waals surface area contributed by atoms with E-state index in [0.29, 0.717) is 34.3 Å².